The van der Waals surface area contributed by atoms with Crippen molar-refractivity contribution in [3.63, 3.8) is 0 Å². The first-order valence-corrected chi connectivity index (χ1v) is 10.4. The zero-order chi connectivity index (χ0) is 21.1. The molecule has 154 valence electrons. The van der Waals surface area contributed by atoms with Crippen LogP contribution >= 0.6 is 34.5 Å². The van der Waals surface area contributed by atoms with Crippen molar-refractivity contribution in [1.29, 1.82) is 0 Å². The molecule has 0 aliphatic heterocycles. The van der Waals surface area contributed by atoms with Crippen LogP contribution in [0.4, 0.5) is 0 Å². The van der Waals surface area contributed by atoms with Gasteiger partial charge >= 0.3 is 6.08 Å². The smallest absolute Gasteiger partial charge is 0.400 e. The van der Waals surface area contributed by atoms with E-state index in [2.05, 4.69) is 15.3 Å². The van der Waals surface area contributed by atoms with Crippen molar-refractivity contribution in [2.45, 2.75) is 19.6 Å². The Kier molecular flexibility index (Phi) is 6.08. The molecule has 0 fully saturated rings. The van der Waals surface area contributed by atoms with Crippen LogP contribution in [0.15, 0.2) is 53.1 Å². The number of halogens is 2. The number of nitrogens with one attached hydrogen (secondary N) is 1. The number of carbonyl (C=O) groups excluding carboxylic acids is 1. The maximum absolute atomic E-state index is 12.2. The summed E-state index contributed by atoms with van der Waals surface area (Å²) >= 11 is 13.0. The van der Waals surface area contributed by atoms with Crippen molar-refractivity contribution in [2.24, 2.45) is 0 Å². The molecule has 10 heteroatoms. The molecule has 1 atom stereocenters. The Balaban J connectivity index is 1.32. The highest BCUT2D eigenvalue weighted by molar-refractivity contribution is 7.15. The van der Waals surface area contributed by atoms with Gasteiger partial charge in [0.15, 0.2) is 16.2 Å². The SMILES string of the molecule is CC(Oc1ccc(Oc2nc3ccc(Cl)cc3o2)cc1)C(=O)NCc1cnc(Cl)s1. The number of amides is 1. The number of ether oxygens (including phenoxy) is 2. The van der Waals surface area contributed by atoms with E-state index in [0.29, 0.717) is 38.6 Å². The van der Waals surface area contributed by atoms with Crippen LogP contribution in [-0.2, 0) is 11.3 Å². The second-order valence-electron chi connectivity index (χ2n) is 6.22. The van der Waals surface area contributed by atoms with E-state index in [1.54, 1.807) is 55.6 Å². The summed E-state index contributed by atoms with van der Waals surface area (Å²) in [6.45, 7) is 2.02. The summed E-state index contributed by atoms with van der Waals surface area (Å²) in [5.74, 6) is 0.791. The lowest BCUT2D eigenvalue weighted by Crippen LogP contribution is -2.35. The van der Waals surface area contributed by atoms with Gasteiger partial charge in [-0.05, 0) is 43.3 Å². The van der Waals surface area contributed by atoms with E-state index in [-0.39, 0.29) is 12.0 Å². The van der Waals surface area contributed by atoms with Gasteiger partial charge in [0.2, 0.25) is 0 Å². The highest BCUT2D eigenvalue weighted by Gasteiger charge is 2.15. The first-order valence-electron chi connectivity index (χ1n) is 8.85. The Labute approximate surface area is 185 Å². The van der Waals surface area contributed by atoms with Crippen LogP contribution in [0.5, 0.6) is 17.6 Å². The molecule has 4 rings (SSSR count). The third-order valence-electron chi connectivity index (χ3n) is 4.00. The molecular weight excluding hydrogens is 449 g/mol. The number of carbonyl (C=O) groups is 1. The minimum Gasteiger partial charge on any atom is -0.481 e. The molecular formula is C20H15Cl2N3O4S. The summed E-state index contributed by atoms with van der Waals surface area (Å²) in [5, 5.41) is 3.34. The van der Waals surface area contributed by atoms with Crippen molar-refractivity contribution >= 4 is 51.5 Å². The number of hydrogen-bond acceptors (Lipinski definition) is 7. The van der Waals surface area contributed by atoms with Crippen LogP contribution in [0.2, 0.25) is 9.49 Å². The van der Waals surface area contributed by atoms with E-state index >= 15 is 0 Å². The average Bonchev–Trinajstić information content (AvgIpc) is 3.32. The predicted octanol–water partition coefficient (Wildman–Crippen LogP) is 5.47. The van der Waals surface area contributed by atoms with E-state index in [9.17, 15) is 4.79 Å². The number of benzene rings is 2. The lowest BCUT2D eigenvalue weighted by molar-refractivity contribution is -0.127. The summed E-state index contributed by atoms with van der Waals surface area (Å²) in [6, 6.07) is 11.9. The minimum absolute atomic E-state index is 0.108. The van der Waals surface area contributed by atoms with Crippen molar-refractivity contribution in [3.8, 4) is 17.6 Å². The number of aromatic nitrogens is 2. The molecule has 0 aliphatic rings. The van der Waals surface area contributed by atoms with Crippen molar-refractivity contribution in [1.82, 2.24) is 15.3 Å². The first kappa shape index (κ1) is 20.5. The molecule has 1 N–H and O–H groups in total. The van der Waals surface area contributed by atoms with E-state index < -0.39 is 6.10 Å². The number of thiazole rings is 1. The van der Waals surface area contributed by atoms with Crippen LogP contribution in [0.1, 0.15) is 11.8 Å². The Bertz CT molecular complexity index is 1180. The van der Waals surface area contributed by atoms with Gasteiger partial charge in [0.05, 0.1) is 6.54 Å². The number of rotatable bonds is 7. The van der Waals surface area contributed by atoms with Gasteiger partial charge in [-0.3, -0.25) is 4.79 Å². The fourth-order valence-corrected chi connectivity index (χ4v) is 3.63. The van der Waals surface area contributed by atoms with E-state index in [0.717, 1.165) is 4.88 Å². The highest BCUT2D eigenvalue weighted by Crippen LogP contribution is 2.28. The van der Waals surface area contributed by atoms with Gasteiger partial charge in [-0.1, -0.05) is 23.2 Å². The maximum Gasteiger partial charge on any atom is 0.400 e. The molecule has 30 heavy (non-hydrogen) atoms. The molecule has 0 bridgehead atoms. The van der Waals surface area contributed by atoms with Gasteiger partial charge in [-0.2, -0.15) is 4.98 Å². The van der Waals surface area contributed by atoms with Gasteiger partial charge in [0.1, 0.15) is 17.0 Å². The molecule has 7 nitrogen and oxygen atoms in total. The molecule has 0 saturated carbocycles. The van der Waals surface area contributed by atoms with Crippen molar-refractivity contribution < 1.29 is 18.7 Å². The average molecular weight is 464 g/mol. The number of oxazole rings is 1. The summed E-state index contributed by atoms with van der Waals surface area (Å²) in [6.07, 6.45) is 1.06. The largest absolute Gasteiger partial charge is 0.481 e. The van der Waals surface area contributed by atoms with Crippen molar-refractivity contribution in [2.75, 3.05) is 0 Å². The molecule has 0 spiro atoms. The van der Waals surface area contributed by atoms with E-state index in [1.807, 2.05) is 0 Å². The molecule has 2 aromatic carbocycles. The molecule has 4 aromatic rings. The summed E-state index contributed by atoms with van der Waals surface area (Å²) in [4.78, 5) is 21.3. The third kappa shape index (κ3) is 5.02. The molecule has 1 unspecified atom stereocenters. The molecule has 2 aromatic heterocycles. The van der Waals surface area contributed by atoms with Crippen LogP contribution < -0.4 is 14.8 Å². The summed E-state index contributed by atoms with van der Waals surface area (Å²) in [5.41, 5.74) is 1.19. The predicted molar refractivity (Wildman–Crippen MR) is 115 cm³/mol. The quantitative estimate of drug-likeness (QED) is 0.391. The molecule has 0 radical (unpaired) electrons. The van der Waals surface area contributed by atoms with Gasteiger partial charge in [-0.15, -0.1) is 11.3 Å². The Hall–Kier alpha value is -2.81. The summed E-state index contributed by atoms with van der Waals surface area (Å²) in [7, 11) is 0. The molecule has 0 aliphatic carbocycles. The van der Waals surface area contributed by atoms with Gasteiger partial charge in [0, 0.05) is 22.2 Å². The first-order chi connectivity index (χ1) is 14.5. The topological polar surface area (TPSA) is 86.5 Å². The monoisotopic (exact) mass is 463 g/mol. The second-order valence-corrected chi connectivity index (χ2v) is 8.36. The van der Waals surface area contributed by atoms with Crippen LogP contribution in [0.25, 0.3) is 11.1 Å². The Morgan fingerprint density at radius 3 is 2.70 bits per heavy atom. The fraction of sp³-hybridized carbons (Fsp3) is 0.150. The zero-order valence-electron chi connectivity index (χ0n) is 15.6. The van der Waals surface area contributed by atoms with Gasteiger partial charge < -0.3 is 19.2 Å². The zero-order valence-corrected chi connectivity index (χ0v) is 17.9. The second kappa shape index (κ2) is 8.91. The van der Waals surface area contributed by atoms with Crippen molar-refractivity contribution in [3.05, 3.63) is 63.0 Å². The number of nitrogens with zero attached hydrogens (tertiary/aromatic N) is 2. The third-order valence-corrected chi connectivity index (χ3v) is 5.35. The van der Waals surface area contributed by atoms with E-state index in [1.165, 1.54) is 11.3 Å². The standard InChI is InChI=1S/C20H15Cl2N3O4S/c1-11(18(26)23-9-15-10-24-19(22)30-15)27-13-3-5-14(6-4-13)28-20-25-16-7-2-12(21)8-17(16)29-20/h2-8,10-11H,9H2,1H3,(H,23,26). The van der Waals surface area contributed by atoms with Gasteiger partial charge in [0.25, 0.3) is 5.91 Å². The normalized spacial score (nSPS) is 12.0. The Morgan fingerprint density at radius 1 is 1.20 bits per heavy atom. The lowest BCUT2D eigenvalue weighted by atomic mass is 10.3. The summed E-state index contributed by atoms with van der Waals surface area (Å²) < 4.78 is 17.3. The number of hydrogen-bond donors (Lipinski definition) is 1. The Morgan fingerprint density at radius 2 is 1.97 bits per heavy atom. The highest BCUT2D eigenvalue weighted by atomic mass is 35.5. The lowest BCUT2D eigenvalue weighted by Gasteiger charge is -2.14. The van der Waals surface area contributed by atoms with Crippen LogP contribution in [0.3, 0.4) is 0 Å². The molecule has 0 saturated heterocycles. The minimum atomic E-state index is -0.679. The molecule has 2 heterocycles. The van der Waals surface area contributed by atoms with Crippen LogP contribution in [-0.4, -0.2) is 22.0 Å². The fourth-order valence-electron chi connectivity index (χ4n) is 2.55. The van der Waals surface area contributed by atoms with Crippen LogP contribution in [0, 0.1) is 0 Å². The van der Waals surface area contributed by atoms with E-state index in [4.69, 9.17) is 37.1 Å². The number of fused-ring (bicyclic) bond motifs is 1. The maximum atomic E-state index is 12.2. The molecule has 1 amide bonds. The van der Waals surface area contributed by atoms with Gasteiger partial charge in [-0.25, -0.2) is 4.98 Å².